The second kappa shape index (κ2) is 13.5. The molecule has 2 unspecified atom stereocenters. The minimum atomic E-state index is -0.559. The van der Waals surface area contributed by atoms with E-state index in [9.17, 15) is 14.9 Å². The van der Waals surface area contributed by atoms with Gasteiger partial charge in [0, 0.05) is 18.7 Å². The number of hydrogen-bond donors (Lipinski definition) is 3. The molecular weight excluding hydrogens is 472 g/mol. The Morgan fingerprint density at radius 2 is 1.56 bits per heavy atom. The molecule has 0 saturated carbocycles. The lowest BCUT2D eigenvalue weighted by molar-refractivity contribution is -0.385. The van der Waals surface area contributed by atoms with Gasteiger partial charge >= 0.3 is 0 Å². The summed E-state index contributed by atoms with van der Waals surface area (Å²) >= 11 is 0. The van der Waals surface area contributed by atoms with E-state index in [1.54, 1.807) is 6.07 Å². The molecule has 0 radical (unpaired) electrons. The normalized spacial score (nSPS) is 18.4. The molecular formula is C25H34N2O9. The maximum absolute atomic E-state index is 11.3. The lowest BCUT2D eigenvalue weighted by Gasteiger charge is -2.26. The predicted octanol–water partition coefficient (Wildman–Crippen LogP) is 3.40. The van der Waals surface area contributed by atoms with Crippen LogP contribution in [0.5, 0.6) is 23.0 Å². The van der Waals surface area contributed by atoms with Crippen LogP contribution in [0.1, 0.15) is 40.2 Å². The number of aliphatic hydroxyl groups is 2. The molecule has 11 nitrogen and oxygen atoms in total. The number of amides is 1. The van der Waals surface area contributed by atoms with E-state index < -0.39 is 11.0 Å². The number of hydrogen-bond acceptors (Lipinski definition) is 9. The number of nitro benzene ring substituents is 1. The first-order valence-electron chi connectivity index (χ1n) is 12.5. The van der Waals surface area contributed by atoms with Gasteiger partial charge in [0.1, 0.15) is 13.2 Å². The van der Waals surface area contributed by atoms with Gasteiger partial charge in [0.2, 0.25) is 5.91 Å². The SMILES string of the molecule is CC.CC.O=C1Cc2c(ccc3c2OC(CO)CO3)N1.[2H]Cc1c([N+](=O)[O-])ccc2c1OC(CO)CO2. The minimum Gasteiger partial charge on any atom is -0.486 e. The van der Waals surface area contributed by atoms with Crippen LogP contribution in [0.2, 0.25) is 0 Å². The summed E-state index contributed by atoms with van der Waals surface area (Å²) in [5.74, 6) is 1.75. The van der Waals surface area contributed by atoms with Gasteiger partial charge < -0.3 is 34.5 Å². The zero-order chi connectivity index (χ0) is 27.5. The molecule has 0 saturated heterocycles. The summed E-state index contributed by atoms with van der Waals surface area (Å²) in [6.07, 6.45) is -0.593. The van der Waals surface area contributed by atoms with Gasteiger partial charge in [-0.3, -0.25) is 14.9 Å². The van der Waals surface area contributed by atoms with Gasteiger partial charge in [-0.25, -0.2) is 0 Å². The molecule has 1 amide bonds. The van der Waals surface area contributed by atoms with Crippen LogP contribution in [0.25, 0.3) is 0 Å². The lowest BCUT2D eigenvalue weighted by atomic mass is 10.1. The second-order valence-corrected chi connectivity index (χ2v) is 7.26. The van der Waals surface area contributed by atoms with Crippen molar-refractivity contribution < 1.29 is 40.2 Å². The second-order valence-electron chi connectivity index (χ2n) is 7.26. The molecule has 3 aliphatic rings. The Morgan fingerprint density at radius 1 is 1.00 bits per heavy atom. The molecule has 0 aromatic heterocycles. The number of nitro groups is 1. The minimum absolute atomic E-state index is 0.0434. The number of nitrogens with zero attached hydrogens (tertiary/aromatic N) is 1. The van der Waals surface area contributed by atoms with Crippen molar-refractivity contribution in [2.45, 2.75) is 53.2 Å². The molecule has 2 aromatic rings. The van der Waals surface area contributed by atoms with E-state index in [2.05, 4.69) is 5.32 Å². The fourth-order valence-corrected chi connectivity index (χ4v) is 3.45. The van der Waals surface area contributed by atoms with Crippen molar-refractivity contribution in [3.8, 4) is 23.0 Å². The van der Waals surface area contributed by atoms with Crippen molar-refractivity contribution in [3.63, 3.8) is 0 Å². The first kappa shape index (κ1) is 27.0. The van der Waals surface area contributed by atoms with E-state index in [0.29, 0.717) is 30.3 Å². The number of anilines is 1. The Bertz CT molecular complexity index is 1080. The zero-order valence-electron chi connectivity index (χ0n) is 21.9. The summed E-state index contributed by atoms with van der Waals surface area (Å²) in [6, 6.07) is 6.32. The van der Waals surface area contributed by atoms with Crippen LogP contribution < -0.4 is 24.3 Å². The van der Waals surface area contributed by atoms with E-state index in [1.165, 1.54) is 12.1 Å². The van der Waals surface area contributed by atoms with Crippen molar-refractivity contribution in [1.29, 1.82) is 0 Å². The van der Waals surface area contributed by atoms with Crippen LogP contribution in [-0.2, 0) is 11.2 Å². The highest BCUT2D eigenvalue weighted by atomic mass is 16.6. The summed E-state index contributed by atoms with van der Waals surface area (Å²) in [5, 5.41) is 31.5. The number of nitrogens with one attached hydrogen (secondary N) is 1. The number of aliphatic hydroxyl groups excluding tert-OH is 2. The zero-order valence-corrected chi connectivity index (χ0v) is 20.9. The summed E-state index contributed by atoms with van der Waals surface area (Å²) in [7, 11) is 0. The van der Waals surface area contributed by atoms with Gasteiger partial charge in [-0.1, -0.05) is 27.7 Å². The van der Waals surface area contributed by atoms with Gasteiger partial charge in [-0.2, -0.15) is 0 Å². The molecule has 3 heterocycles. The first-order chi connectivity index (χ1) is 17.9. The van der Waals surface area contributed by atoms with E-state index in [-0.39, 0.29) is 55.7 Å². The van der Waals surface area contributed by atoms with Crippen molar-refractivity contribution in [3.05, 3.63) is 45.5 Å². The number of ether oxygens (including phenoxy) is 4. The standard InChI is InChI=1S/C11H11NO4.C10H11NO5.2C2H6/c13-4-6-5-15-9-2-1-8-7(11(9)16-6)3-10(14)12-8;1-6-8(11(13)14)2-3-9-10(6)16-7(4-12)5-15-9;2*1-2/h1-2,6,13H,3-5H2,(H,12,14);2-3,7,12H,4-5H2,1H3;2*1-2H3/i;1D;;. The average Bonchev–Trinajstić information content (AvgIpc) is 3.35. The summed E-state index contributed by atoms with van der Waals surface area (Å²) in [5.41, 5.74) is 1.60. The fourth-order valence-electron chi connectivity index (χ4n) is 3.45. The van der Waals surface area contributed by atoms with Gasteiger partial charge in [-0.15, -0.1) is 0 Å². The summed E-state index contributed by atoms with van der Waals surface area (Å²) < 4.78 is 29.1. The quantitative estimate of drug-likeness (QED) is 0.419. The van der Waals surface area contributed by atoms with Gasteiger partial charge in [0.25, 0.3) is 5.69 Å². The van der Waals surface area contributed by atoms with Gasteiger partial charge in [-0.05, 0) is 25.1 Å². The highest BCUT2D eigenvalue weighted by Crippen LogP contribution is 2.42. The van der Waals surface area contributed by atoms with Crippen LogP contribution >= 0.6 is 0 Å². The van der Waals surface area contributed by atoms with E-state index >= 15 is 0 Å². The van der Waals surface area contributed by atoms with Crippen LogP contribution in [0.4, 0.5) is 11.4 Å². The van der Waals surface area contributed by atoms with Crippen LogP contribution in [-0.4, -0.2) is 59.7 Å². The summed E-state index contributed by atoms with van der Waals surface area (Å²) in [6.45, 7) is 7.92. The first-order valence-corrected chi connectivity index (χ1v) is 11.8. The molecule has 3 aliphatic heterocycles. The van der Waals surface area contributed by atoms with E-state index in [4.69, 9.17) is 30.5 Å². The number of carbonyl (C=O) groups is 1. The molecule has 0 bridgehead atoms. The number of carbonyl (C=O) groups excluding carboxylic acids is 1. The van der Waals surface area contributed by atoms with Crippen molar-refractivity contribution in [2.24, 2.45) is 0 Å². The smallest absolute Gasteiger partial charge is 0.276 e. The Morgan fingerprint density at radius 3 is 2.11 bits per heavy atom. The number of rotatable bonds is 3. The maximum Gasteiger partial charge on any atom is 0.276 e. The topological polar surface area (TPSA) is 150 Å². The third-order valence-electron chi connectivity index (χ3n) is 5.06. The van der Waals surface area contributed by atoms with Crippen molar-refractivity contribution >= 4 is 17.3 Å². The lowest BCUT2D eigenvalue weighted by Crippen LogP contribution is -2.32. The third-order valence-corrected chi connectivity index (χ3v) is 5.06. The predicted molar refractivity (Wildman–Crippen MR) is 133 cm³/mol. The van der Waals surface area contributed by atoms with E-state index in [0.717, 1.165) is 11.3 Å². The largest absolute Gasteiger partial charge is 0.486 e. The van der Waals surface area contributed by atoms with Crippen LogP contribution in [0.15, 0.2) is 24.3 Å². The van der Waals surface area contributed by atoms with Gasteiger partial charge in [0.15, 0.2) is 35.2 Å². The Kier molecular flexibility index (Phi) is 10.1. The Labute approximate surface area is 211 Å². The monoisotopic (exact) mass is 507 g/mol. The molecule has 2 aromatic carbocycles. The maximum atomic E-state index is 11.3. The molecule has 3 N–H and O–H groups in total. The Hall–Kier alpha value is -3.57. The van der Waals surface area contributed by atoms with Crippen molar-refractivity contribution in [1.82, 2.24) is 0 Å². The van der Waals surface area contributed by atoms with E-state index in [1.807, 2.05) is 33.8 Å². The molecule has 198 valence electrons. The number of fused-ring (bicyclic) bond motifs is 4. The Balaban J connectivity index is 0.000000230. The molecule has 2 atom stereocenters. The fraction of sp³-hybridized carbons (Fsp3) is 0.480. The van der Waals surface area contributed by atoms with Crippen molar-refractivity contribution in [2.75, 3.05) is 31.7 Å². The molecule has 36 heavy (non-hydrogen) atoms. The molecule has 11 heteroatoms. The number of benzene rings is 2. The van der Waals surface area contributed by atoms with Gasteiger partial charge in [0.05, 0.1) is 30.1 Å². The average molecular weight is 508 g/mol. The molecule has 0 aliphatic carbocycles. The molecule has 0 spiro atoms. The summed E-state index contributed by atoms with van der Waals surface area (Å²) in [4.78, 5) is 21.5. The molecule has 5 rings (SSSR count). The highest BCUT2D eigenvalue weighted by molar-refractivity contribution is 6.00. The van der Waals surface area contributed by atoms with Crippen LogP contribution in [0, 0.1) is 17.0 Å². The highest BCUT2D eigenvalue weighted by Gasteiger charge is 2.29. The van der Waals surface area contributed by atoms with Crippen LogP contribution in [0.3, 0.4) is 0 Å². The third kappa shape index (κ3) is 6.35. The molecule has 0 fully saturated rings.